The Bertz CT molecular complexity index is 1930. The summed E-state index contributed by atoms with van der Waals surface area (Å²) in [5.41, 5.74) is 0. The lowest BCUT2D eigenvalue weighted by molar-refractivity contribution is -0.301. The number of aliphatic carboxylic acids is 1. The highest BCUT2D eigenvalue weighted by Gasteiger charge is 2.50. The molecule has 0 bridgehead atoms. The van der Waals surface area contributed by atoms with Crippen molar-refractivity contribution in [2.75, 3.05) is 13.2 Å². The van der Waals surface area contributed by atoms with Gasteiger partial charge in [0.15, 0.2) is 24.6 Å². The van der Waals surface area contributed by atoms with Crippen LogP contribution < -0.4 is 0 Å². The van der Waals surface area contributed by atoms with E-state index in [1.807, 2.05) is 30.4 Å². The quantitative estimate of drug-likeness (QED) is 0.0228. The highest BCUT2D eigenvalue weighted by atomic mass is 16.7. The van der Waals surface area contributed by atoms with E-state index in [0.717, 1.165) is 89.9 Å². The van der Waals surface area contributed by atoms with Crippen LogP contribution in [0.15, 0.2) is 146 Å². The second-order valence-corrected chi connectivity index (χ2v) is 19.5. The molecule has 0 aromatic heterocycles. The average Bonchev–Trinajstić information content (AvgIpc) is 3.46. The van der Waals surface area contributed by atoms with E-state index >= 15 is 0 Å². The van der Waals surface area contributed by atoms with Gasteiger partial charge >= 0.3 is 23.9 Å². The van der Waals surface area contributed by atoms with Crippen molar-refractivity contribution in [1.29, 1.82) is 0 Å². The Hall–Kier alpha value is -5.40. The van der Waals surface area contributed by atoms with Gasteiger partial charge in [0.05, 0.1) is 19.4 Å². The first-order valence-corrected chi connectivity index (χ1v) is 29.8. The number of carbonyl (C=O) groups is 4. The van der Waals surface area contributed by atoms with Crippen molar-refractivity contribution >= 4 is 23.9 Å². The van der Waals surface area contributed by atoms with Crippen molar-refractivity contribution in [1.82, 2.24) is 0 Å². The Labute approximate surface area is 476 Å². The lowest BCUT2D eigenvalue weighted by Crippen LogP contribution is -2.61. The molecule has 0 aromatic carbocycles. The van der Waals surface area contributed by atoms with E-state index in [0.29, 0.717) is 19.3 Å². The molecular weight excluding hydrogens is 997 g/mol. The largest absolute Gasteiger partial charge is 0.479 e. The maximum atomic E-state index is 13.1. The predicted molar refractivity (Wildman–Crippen MR) is 321 cm³/mol. The van der Waals surface area contributed by atoms with Gasteiger partial charge in [-0.2, -0.15) is 0 Å². The van der Waals surface area contributed by atoms with Gasteiger partial charge in [-0.3, -0.25) is 14.4 Å². The fourth-order valence-electron chi connectivity index (χ4n) is 7.96. The van der Waals surface area contributed by atoms with E-state index < -0.39 is 67.3 Å². The first-order valence-electron chi connectivity index (χ1n) is 29.8. The summed E-state index contributed by atoms with van der Waals surface area (Å²) in [4.78, 5) is 51.0. The molecule has 0 aromatic rings. The molecule has 3 N–H and O–H groups in total. The summed E-state index contributed by atoms with van der Waals surface area (Å²) in [6, 6.07) is 0. The van der Waals surface area contributed by atoms with Crippen molar-refractivity contribution in [3.63, 3.8) is 0 Å². The molecule has 0 saturated carbocycles. The minimum Gasteiger partial charge on any atom is -0.479 e. The van der Waals surface area contributed by atoms with Crippen molar-refractivity contribution in [2.24, 2.45) is 0 Å². The fourth-order valence-corrected chi connectivity index (χ4v) is 7.96. The van der Waals surface area contributed by atoms with E-state index in [-0.39, 0.29) is 25.9 Å². The minimum absolute atomic E-state index is 0.0887. The third kappa shape index (κ3) is 43.1. The molecule has 1 saturated heterocycles. The average molecular weight is 1100 g/mol. The molecule has 1 aliphatic heterocycles. The summed E-state index contributed by atoms with van der Waals surface area (Å²) in [6.07, 6.45) is 64.4. The Balaban J connectivity index is 2.78. The van der Waals surface area contributed by atoms with Crippen LogP contribution in [0.1, 0.15) is 201 Å². The van der Waals surface area contributed by atoms with Gasteiger partial charge in [0.25, 0.3) is 0 Å². The second kappa shape index (κ2) is 53.3. The van der Waals surface area contributed by atoms with Crippen LogP contribution in [0.4, 0.5) is 0 Å². The molecule has 0 aliphatic carbocycles. The number of carboxylic acid groups (broad SMARTS) is 1. The van der Waals surface area contributed by atoms with Gasteiger partial charge in [0, 0.05) is 6.42 Å². The van der Waals surface area contributed by atoms with Crippen LogP contribution in [0, 0.1) is 0 Å². The third-order valence-electron chi connectivity index (χ3n) is 12.4. The highest BCUT2D eigenvalue weighted by molar-refractivity contribution is 5.74. The molecule has 6 unspecified atom stereocenters. The zero-order chi connectivity index (χ0) is 57.5. The molecule has 1 rings (SSSR count). The Morgan fingerprint density at radius 2 is 0.835 bits per heavy atom. The normalized spacial score (nSPS) is 18.9. The summed E-state index contributed by atoms with van der Waals surface area (Å²) in [6.45, 7) is 5.59. The van der Waals surface area contributed by atoms with Crippen LogP contribution >= 0.6 is 0 Å². The van der Waals surface area contributed by atoms with Crippen molar-refractivity contribution < 1.29 is 58.2 Å². The summed E-state index contributed by atoms with van der Waals surface area (Å²) >= 11 is 0. The zero-order valence-electron chi connectivity index (χ0n) is 48.5. The number of hydrogen-bond donors (Lipinski definition) is 3. The number of aliphatic hydroxyl groups is 2. The van der Waals surface area contributed by atoms with Crippen LogP contribution in [0.2, 0.25) is 0 Å². The van der Waals surface area contributed by atoms with Gasteiger partial charge in [0.2, 0.25) is 0 Å². The van der Waals surface area contributed by atoms with Gasteiger partial charge in [-0.25, -0.2) is 4.79 Å². The zero-order valence-corrected chi connectivity index (χ0v) is 48.5. The van der Waals surface area contributed by atoms with Gasteiger partial charge in [-0.15, -0.1) is 0 Å². The van der Waals surface area contributed by atoms with E-state index in [9.17, 15) is 34.5 Å². The lowest BCUT2D eigenvalue weighted by Gasteiger charge is -2.40. The molecule has 12 heteroatoms. The molecule has 0 spiro atoms. The molecule has 0 radical (unpaired) electrons. The summed E-state index contributed by atoms with van der Waals surface area (Å²) in [5.74, 6) is -3.48. The van der Waals surface area contributed by atoms with Gasteiger partial charge in [0.1, 0.15) is 18.8 Å². The van der Waals surface area contributed by atoms with Gasteiger partial charge in [-0.1, -0.05) is 224 Å². The molecule has 1 heterocycles. The molecule has 0 amide bonds. The second-order valence-electron chi connectivity index (χ2n) is 19.5. The first kappa shape index (κ1) is 71.6. The molecule has 442 valence electrons. The van der Waals surface area contributed by atoms with Crippen LogP contribution in [-0.2, 0) is 42.9 Å². The van der Waals surface area contributed by atoms with Crippen molar-refractivity contribution in [3.8, 4) is 0 Å². The number of ether oxygens (including phenoxy) is 5. The lowest BCUT2D eigenvalue weighted by atomic mass is 9.98. The van der Waals surface area contributed by atoms with Gasteiger partial charge in [-0.05, 0) is 103 Å². The summed E-state index contributed by atoms with van der Waals surface area (Å²) in [7, 11) is 0. The first-order chi connectivity index (χ1) is 38.6. The van der Waals surface area contributed by atoms with Crippen LogP contribution in [0.3, 0.4) is 0 Å². The Morgan fingerprint density at radius 1 is 0.443 bits per heavy atom. The van der Waals surface area contributed by atoms with Crippen LogP contribution in [0.5, 0.6) is 0 Å². The number of carbonyl (C=O) groups excluding carboxylic acids is 3. The van der Waals surface area contributed by atoms with E-state index in [2.05, 4.69) is 118 Å². The smallest absolute Gasteiger partial charge is 0.335 e. The van der Waals surface area contributed by atoms with Crippen LogP contribution in [-0.4, -0.2) is 89.2 Å². The Kier molecular flexibility index (Phi) is 48.3. The minimum atomic E-state index is -1.96. The molecule has 6 atom stereocenters. The standard InChI is InChI=1S/C67H102O12/c1-4-7-10-13-16-19-22-25-28-29-30-31-34-35-38-41-44-47-50-53-59(68)75-56-58(77-60(69)54-51-48-45-42-39-36-32-26-23-20-17-14-11-8-5-2)57-76-67-65(63(72)62(71)64(79-67)66(73)74)78-61(70)55-52-49-46-43-40-37-33-27-24-21-18-15-12-9-6-3/h8-9,11-12,16-21,25-28,32-33,39-40,42-43,48-49,51-52,58,62-65,67,71-72H,4-7,10,13-15,22-24,29-31,34-38,41,44-47,50,53-57H2,1-3H3,(H,73,74)/b11-8-,12-9-,19-16-,20-17-,21-18-,28-25-,32-26-,33-27-,42-39-,43-40-,51-48-,52-49-. The molecule has 1 fully saturated rings. The maximum Gasteiger partial charge on any atom is 0.335 e. The third-order valence-corrected chi connectivity index (χ3v) is 12.4. The van der Waals surface area contributed by atoms with E-state index in [1.165, 1.54) is 51.4 Å². The molecule has 1 aliphatic rings. The molecular formula is C67H102O12. The summed E-state index contributed by atoms with van der Waals surface area (Å²) in [5, 5.41) is 31.4. The topological polar surface area (TPSA) is 175 Å². The van der Waals surface area contributed by atoms with E-state index in [1.54, 1.807) is 18.2 Å². The predicted octanol–water partition coefficient (Wildman–Crippen LogP) is 15.6. The number of aliphatic hydroxyl groups excluding tert-OH is 2. The highest BCUT2D eigenvalue weighted by Crippen LogP contribution is 2.26. The van der Waals surface area contributed by atoms with Gasteiger partial charge < -0.3 is 39.0 Å². The SMILES string of the molecule is CC/C=C\C/C=C\C/C=C\C/C=C\C/C=C\CC(=O)OC(COC(=O)CCCCCCCCCCC/C=C\C/C=C\CCCCC)COC1OC(C(=O)O)C(O)C(O)C1OC(=O)C/C=C\C/C=C\C/C=C\C/C=C\C/C=C\CC. The molecule has 12 nitrogen and oxygen atoms in total. The fraction of sp³-hybridized carbons (Fsp3) is 0.582. The number of esters is 3. The number of unbranched alkanes of at least 4 members (excludes halogenated alkanes) is 12. The van der Waals surface area contributed by atoms with Crippen molar-refractivity contribution in [2.45, 2.75) is 237 Å². The van der Waals surface area contributed by atoms with Crippen molar-refractivity contribution in [3.05, 3.63) is 146 Å². The van der Waals surface area contributed by atoms with E-state index in [4.69, 9.17) is 23.7 Å². The number of rotatable bonds is 48. The maximum absolute atomic E-state index is 13.1. The molecule has 79 heavy (non-hydrogen) atoms. The number of hydrogen-bond acceptors (Lipinski definition) is 11. The number of allylic oxidation sites excluding steroid dienone is 22. The number of carboxylic acids is 1. The summed E-state index contributed by atoms with van der Waals surface area (Å²) < 4.78 is 28.2. The van der Waals surface area contributed by atoms with Crippen LogP contribution in [0.25, 0.3) is 0 Å². The Morgan fingerprint density at radius 3 is 1.28 bits per heavy atom. The monoisotopic (exact) mass is 1100 g/mol.